The van der Waals surface area contributed by atoms with E-state index in [-0.39, 0.29) is 0 Å². The van der Waals surface area contributed by atoms with Gasteiger partial charge in [0.2, 0.25) is 10.0 Å². The molecule has 0 spiro atoms. The molecule has 0 heterocycles. The number of rotatable bonds is 5. The van der Waals surface area contributed by atoms with Crippen molar-refractivity contribution >= 4 is 26.0 Å². The highest BCUT2D eigenvalue weighted by Gasteiger charge is 2.20. The Morgan fingerprint density at radius 1 is 1.33 bits per heavy atom. The molecule has 0 aromatic heterocycles. The maximum absolute atomic E-state index is 12.0. The molecule has 1 aromatic rings. The number of benzene rings is 1. The third kappa shape index (κ3) is 3.78. The molecule has 0 atom stereocenters. The summed E-state index contributed by atoms with van der Waals surface area (Å²) in [7, 11) is -0.342. The Labute approximate surface area is 118 Å². The summed E-state index contributed by atoms with van der Waals surface area (Å²) in [6.45, 7) is 4.86. The number of hydrogen-bond acceptors (Lipinski definition) is 3. The second-order valence-electron chi connectivity index (χ2n) is 4.59. The number of halogens is 1. The topological polar surface area (TPSA) is 49.4 Å². The lowest BCUT2D eigenvalue weighted by atomic mass is 10.2. The van der Waals surface area contributed by atoms with Crippen LogP contribution in [0.5, 0.6) is 0 Å². The average Bonchev–Trinajstić information content (AvgIpc) is 2.25. The molecule has 1 aromatic carbocycles. The van der Waals surface area contributed by atoms with E-state index in [0.717, 1.165) is 12.1 Å². The van der Waals surface area contributed by atoms with Gasteiger partial charge in [-0.2, -0.15) is 0 Å². The molecule has 18 heavy (non-hydrogen) atoms. The SMILES string of the molecule is CC(C)NCc1ccc(S(=O)(=O)N(C)C)c(Br)c1. The highest BCUT2D eigenvalue weighted by Crippen LogP contribution is 2.25. The van der Waals surface area contributed by atoms with Crippen molar-refractivity contribution in [2.75, 3.05) is 14.1 Å². The Bertz CT molecular complexity index is 513. The van der Waals surface area contributed by atoms with Gasteiger partial charge < -0.3 is 5.32 Å². The molecule has 0 aliphatic rings. The number of hydrogen-bond donors (Lipinski definition) is 1. The molecule has 0 unspecified atom stereocenters. The van der Waals surface area contributed by atoms with Crippen molar-refractivity contribution in [2.24, 2.45) is 0 Å². The molecular formula is C12H19BrN2O2S. The van der Waals surface area contributed by atoms with Gasteiger partial charge in [-0.1, -0.05) is 19.9 Å². The van der Waals surface area contributed by atoms with E-state index in [9.17, 15) is 8.42 Å². The van der Waals surface area contributed by atoms with Crippen molar-refractivity contribution in [2.45, 2.75) is 31.3 Å². The van der Waals surface area contributed by atoms with Crippen LogP contribution >= 0.6 is 15.9 Å². The molecule has 4 nitrogen and oxygen atoms in total. The van der Waals surface area contributed by atoms with E-state index < -0.39 is 10.0 Å². The van der Waals surface area contributed by atoms with Crippen LogP contribution in [0, 0.1) is 0 Å². The first-order valence-electron chi connectivity index (χ1n) is 5.69. The van der Waals surface area contributed by atoms with Gasteiger partial charge >= 0.3 is 0 Å². The molecule has 0 radical (unpaired) electrons. The fourth-order valence-electron chi connectivity index (χ4n) is 1.38. The fourth-order valence-corrected chi connectivity index (χ4v) is 3.36. The normalized spacial score (nSPS) is 12.4. The summed E-state index contributed by atoms with van der Waals surface area (Å²) in [5, 5.41) is 3.29. The maximum Gasteiger partial charge on any atom is 0.243 e. The molecule has 0 saturated carbocycles. The average molecular weight is 335 g/mol. The first kappa shape index (κ1) is 15.6. The Morgan fingerprint density at radius 2 is 1.94 bits per heavy atom. The molecule has 6 heteroatoms. The smallest absolute Gasteiger partial charge is 0.243 e. The Morgan fingerprint density at radius 3 is 2.39 bits per heavy atom. The Balaban J connectivity index is 3.00. The Kier molecular flexibility index (Phi) is 5.33. The Hall–Kier alpha value is -0.430. The minimum atomic E-state index is -3.39. The zero-order valence-electron chi connectivity index (χ0n) is 11.1. The monoisotopic (exact) mass is 334 g/mol. The van der Waals surface area contributed by atoms with Crippen molar-refractivity contribution in [3.05, 3.63) is 28.2 Å². The molecule has 1 rings (SSSR count). The fraction of sp³-hybridized carbons (Fsp3) is 0.500. The van der Waals surface area contributed by atoms with Crippen LogP contribution in [-0.2, 0) is 16.6 Å². The zero-order valence-corrected chi connectivity index (χ0v) is 13.5. The van der Waals surface area contributed by atoms with Crippen molar-refractivity contribution in [1.82, 2.24) is 9.62 Å². The lowest BCUT2D eigenvalue weighted by Gasteiger charge is -2.14. The van der Waals surface area contributed by atoms with Crippen LogP contribution in [0.1, 0.15) is 19.4 Å². The molecule has 0 fully saturated rings. The third-order valence-electron chi connectivity index (χ3n) is 2.47. The van der Waals surface area contributed by atoms with Gasteiger partial charge in [-0.15, -0.1) is 0 Å². The van der Waals surface area contributed by atoms with Crippen LogP contribution in [0.15, 0.2) is 27.6 Å². The predicted octanol–water partition coefficient (Wildman–Crippen LogP) is 2.20. The molecule has 0 bridgehead atoms. The third-order valence-corrected chi connectivity index (χ3v) is 5.26. The number of nitrogens with zero attached hydrogens (tertiary/aromatic N) is 1. The summed E-state index contributed by atoms with van der Waals surface area (Å²) >= 11 is 3.32. The van der Waals surface area contributed by atoms with Crippen molar-refractivity contribution in [3.8, 4) is 0 Å². The lowest BCUT2D eigenvalue weighted by molar-refractivity contribution is 0.520. The van der Waals surface area contributed by atoms with Crippen LogP contribution in [0.2, 0.25) is 0 Å². The van der Waals surface area contributed by atoms with E-state index in [1.807, 2.05) is 12.1 Å². The van der Waals surface area contributed by atoms with Crippen LogP contribution in [0.25, 0.3) is 0 Å². The molecule has 0 aliphatic heterocycles. The summed E-state index contributed by atoms with van der Waals surface area (Å²) in [6.07, 6.45) is 0. The van der Waals surface area contributed by atoms with Crippen molar-refractivity contribution in [1.29, 1.82) is 0 Å². The van der Waals surface area contributed by atoms with E-state index in [0.29, 0.717) is 15.4 Å². The molecule has 0 saturated heterocycles. The standard InChI is InChI=1S/C12H19BrN2O2S/c1-9(2)14-8-10-5-6-12(11(13)7-10)18(16,17)15(3)4/h5-7,9,14H,8H2,1-4H3. The van der Waals surface area contributed by atoms with E-state index in [4.69, 9.17) is 0 Å². The van der Waals surface area contributed by atoms with Gasteiger partial charge in [0.15, 0.2) is 0 Å². The van der Waals surface area contributed by atoms with Gasteiger partial charge in [0.1, 0.15) is 0 Å². The van der Waals surface area contributed by atoms with Crippen molar-refractivity contribution < 1.29 is 8.42 Å². The summed E-state index contributed by atoms with van der Waals surface area (Å²) in [4.78, 5) is 0.292. The second kappa shape index (κ2) is 6.14. The summed E-state index contributed by atoms with van der Waals surface area (Å²) in [5.74, 6) is 0. The van der Waals surface area contributed by atoms with Crippen LogP contribution in [0.3, 0.4) is 0 Å². The van der Waals surface area contributed by atoms with Gasteiger partial charge in [-0.05, 0) is 33.6 Å². The molecule has 1 N–H and O–H groups in total. The van der Waals surface area contributed by atoms with Crippen molar-refractivity contribution in [3.63, 3.8) is 0 Å². The quantitative estimate of drug-likeness (QED) is 0.897. The highest BCUT2D eigenvalue weighted by atomic mass is 79.9. The summed E-state index contributed by atoms with van der Waals surface area (Å²) in [6, 6.07) is 5.70. The largest absolute Gasteiger partial charge is 0.310 e. The molecular weight excluding hydrogens is 316 g/mol. The lowest BCUT2D eigenvalue weighted by Crippen LogP contribution is -2.23. The molecule has 0 aliphatic carbocycles. The second-order valence-corrected chi connectivity index (χ2v) is 7.56. The van der Waals surface area contributed by atoms with E-state index >= 15 is 0 Å². The van der Waals surface area contributed by atoms with E-state index in [1.54, 1.807) is 6.07 Å². The number of nitrogens with one attached hydrogen (secondary N) is 1. The van der Waals surface area contributed by atoms with Gasteiger partial charge in [-0.25, -0.2) is 12.7 Å². The molecule has 102 valence electrons. The van der Waals surface area contributed by atoms with Gasteiger partial charge in [0.05, 0.1) is 4.90 Å². The maximum atomic E-state index is 12.0. The minimum Gasteiger partial charge on any atom is -0.310 e. The van der Waals surface area contributed by atoms with Gasteiger partial charge in [0, 0.05) is 31.2 Å². The minimum absolute atomic E-state index is 0.292. The van der Waals surface area contributed by atoms with Crippen LogP contribution < -0.4 is 5.32 Å². The number of sulfonamides is 1. The summed E-state index contributed by atoms with van der Waals surface area (Å²) in [5.41, 5.74) is 1.05. The van der Waals surface area contributed by atoms with Gasteiger partial charge in [0.25, 0.3) is 0 Å². The van der Waals surface area contributed by atoms with Crippen LogP contribution in [0.4, 0.5) is 0 Å². The summed E-state index contributed by atoms with van der Waals surface area (Å²) < 4.78 is 25.8. The molecule has 0 amide bonds. The van der Waals surface area contributed by atoms with E-state index in [1.165, 1.54) is 18.4 Å². The zero-order chi connectivity index (χ0) is 13.9. The predicted molar refractivity (Wildman–Crippen MR) is 77.0 cm³/mol. The first-order valence-corrected chi connectivity index (χ1v) is 7.93. The first-order chi connectivity index (χ1) is 8.25. The highest BCUT2D eigenvalue weighted by molar-refractivity contribution is 9.10. The van der Waals surface area contributed by atoms with E-state index in [2.05, 4.69) is 35.1 Å². The van der Waals surface area contributed by atoms with Gasteiger partial charge in [-0.3, -0.25) is 0 Å². The van der Waals surface area contributed by atoms with Crippen LogP contribution in [-0.4, -0.2) is 32.9 Å².